The summed E-state index contributed by atoms with van der Waals surface area (Å²) in [5.74, 6) is 1.29. The molecule has 0 aliphatic heterocycles. The minimum Gasteiger partial charge on any atom is -1.00 e. The Bertz CT molecular complexity index is 134. The summed E-state index contributed by atoms with van der Waals surface area (Å²) in [4.78, 5) is 26.1. The van der Waals surface area contributed by atoms with Crippen LogP contribution in [0, 0.1) is 0 Å². The molecule has 0 rings (SSSR count). The van der Waals surface area contributed by atoms with E-state index in [9.17, 15) is 0 Å². The first-order chi connectivity index (χ1) is 4.02. The molecule has 0 aromatic rings. The molecule has 0 bridgehead atoms. The molecular weight excluding hydrogens is 182 g/mol. The topological polar surface area (TPSA) is 60.7 Å². The van der Waals surface area contributed by atoms with Crippen molar-refractivity contribution in [2.75, 3.05) is 11.5 Å². The van der Waals surface area contributed by atoms with Crippen molar-refractivity contribution in [1.29, 1.82) is 0 Å². The fourth-order valence-electron chi connectivity index (χ4n) is 0.551. The first-order valence-electron chi connectivity index (χ1n) is 2.77. The smallest absolute Gasteiger partial charge is 1.00 e. The molecule has 60 valence electrons. The maximum absolute atomic E-state index is 8.71. The molecule has 3 nitrogen and oxygen atoms in total. The first kappa shape index (κ1) is 14.2. The zero-order valence-electron chi connectivity index (χ0n) is 7.61. The van der Waals surface area contributed by atoms with Gasteiger partial charge in [0.05, 0.1) is 0 Å². The zero-order chi connectivity index (χ0) is 7.49. The van der Waals surface area contributed by atoms with Gasteiger partial charge in [-0.25, -0.2) is 0 Å². The van der Waals surface area contributed by atoms with E-state index in [1.54, 1.807) is 0 Å². The van der Waals surface area contributed by atoms with Gasteiger partial charge in [-0.05, 0) is 11.5 Å². The van der Waals surface area contributed by atoms with Crippen molar-refractivity contribution in [1.82, 2.24) is 0 Å². The van der Waals surface area contributed by atoms with Crippen molar-refractivity contribution in [2.45, 2.75) is 13.8 Å². The standard InChI is InChI=1S/C4H13O3PS.Na.H/c1-3-9(4-2)8(5,6)7;;/h5-7H,3-4H2,1-2H3;;/q;+1;-1. The Labute approximate surface area is 87.4 Å². The van der Waals surface area contributed by atoms with E-state index < -0.39 is 16.8 Å². The monoisotopic (exact) mass is 196 g/mol. The minimum atomic E-state index is -3.50. The zero-order valence-corrected chi connectivity index (χ0v) is 10.3. The van der Waals surface area contributed by atoms with Crippen molar-refractivity contribution in [3.8, 4) is 0 Å². The Balaban J connectivity index is -0.000000320. The second-order valence-electron chi connectivity index (χ2n) is 1.55. The van der Waals surface area contributed by atoms with E-state index in [-0.39, 0.29) is 31.0 Å². The van der Waals surface area contributed by atoms with Gasteiger partial charge in [-0.3, -0.25) is 0 Å². The Morgan fingerprint density at radius 2 is 1.50 bits per heavy atom. The maximum atomic E-state index is 8.71. The number of hydrogen-bond donors (Lipinski definition) is 3. The third-order valence-electron chi connectivity index (χ3n) is 1.01. The summed E-state index contributed by atoms with van der Waals surface area (Å²) in [6.07, 6.45) is 0. The van der Waals surface area contributed by atoms with Crippen LogP contribution in [-0.4, -0.2) is 26.2 Å². The van der Waals surface area contributed by atoms with Gasteiger partial charge in [0, 0.05) is 0 Å². The van der Waals surface area contributed by atoms with Crippen molar-refractivity contribution in [3.05, 3.63) is 0 Å². The van der Waals surface area contributed by atoms with E-state index in [4.69, 9.17) is 14.7 Å². The van der Waals surface area contributed by atoms with Crippen LogP contribution in [0.15, 0.2) is 0 Å². The van der Waals surface area contributed by atoms with Gasteiger partial charge in [-0.1, -0.05) is 13.8 Å². The molecule has 0 saturated heterocycles. The van der Waals surface area contributed by atoms with E-state index in [2.05, 4.69) is 0 Å². The summed E-state index contributed by atoms with van der Waals surface area (Å²) in [7, 11) is -0.578. The summed E-state index contributed by atoms with van der Waals surface area (Å²) >= 11 is 0. The Morgan fingerprint density at radius 3 is 1.50 bits per heavy atom. The molecule has 3 N–H and O–H groups in total. The summed E-state index contributed by atoms with van der Waals surface area (Å²) in [6.45, 7) is 0.177. The SMILES string of the molecule is CCS(CC)=P(O)(O)O.[H-].[Na+]. The molecule has 0 radical (unpaired) electrons. The Kier molecular flexibility index (Phi) is 8.81. The molecule has 0 aliphatic carbocycles. The predicted octanol–water partition coefficient (Wildman–Crippen LogP) is -2.58. The molecule has 0 aromatic heterocycles. The van der Waals surface area contributed by atoms with Crippen LogP contribution in [0.2, 0.25) is 0 Å². The molecule has 0 aliphatic rings. The molecule has 0 unspecified atom stereocenters. The van der Waals surface area contributed by atoms with E-state index in [0.717, 1.165) is 0 Å². The van der Waals surface area contributed by atoms with Crippen LogP contribution in [-0.2, 0) is 10.1 Å². The number of rotatable bonds is 2. The minimum absolute atomic E-state index is 0. The molecule has 0 spiro atoms. The van der Waals surface area contributed by atoms with Crippen molar-refractivity contribution >= 4 is 16.8 Å². The van der Waals surface area contributed by atoms with Gasteiger partial charge in [0.15, 0.2) is 0 Å². The van der Waals surface area contributed by atoms with Crippen LogP contribution in [0.1, 0.15) is 15.3 Å². The molecule has 6 heteroatoms. The van der Waals surface area contributed by atoms with Crippen LogP contribution in [0.4, 0.5) is 0 Å². The fourth-order valence-corrected chi connectivity index (χ4v) is 3.73. The average Bonchev–Trinajstić information content (AvgIpc) is 1.65. The predicted molar refractivity (Wildman–Crippen MR) is 43.1 cm³/mol. The summed E-state index contributed by atoms with van der Waals surface area (Å²) in [5, 5.41) is 0. The molecule has 0 amide bonds. The molecule has 0 heterocycles. The maximum Gasteiger partial charge on any atom is 1.00 e. The summed E-state index contributed by atoms with van der Waals surface area (Å²) < 4.78 is 0. The average molecular weight is 196 g/mol. The second kappa shape index (κ2) is 6.21. The van der Waals surface area contributed by atoms with E-state index in [1.165, 1.54) is 0 Å². The third kappa shape index (κ3) is 5.33. The molecular formula is C4H14NaO3PS. The molecule has 0 fully saturated rings. The van der Waals surface area contributed by atoms with Gasteiger partial charge in [0.25, 0.3) is 6.72 Å². The molecule has 10 heavy (non-hydrogen) atoms. The van der Waals surface area contributed by atoms with Crippen LogP contribution in [0.3, 0.4) is 0 Å². The van der Waals surface area contributed by atoms with Gasteiger partial charge in [0.1, 0.15) is 0 Å². The molecule has 0 atom stereocenters. The summed E-state index contributed by atoms with van der Waals surface area (Å²) in [6, 6.07) is 0. The molecule has 0 saturated carbocycles. The van der Waals surface area contributed by atoms with Gasteiger partial charge in [-0.15, -0.1) is 10.1 Å². The Hall–Kier alpha value is 1.66. The largest absolute Gasteiger partial charge is 1.00 e. The second-order valence-corrected chi connectivity index (χ2v) is 7.68. The fraction of sp³-hybridized carbons (Fsp3) is 1.00. The number of hydrogen-bond acceptors (Lipinski definition) is 0. The van der Waals surface area contributed by atoms with Crippen molar-refractivity contribution < 1.29 is 45.7 Å². The summed E-state index contributed by atoms with van der Waals surface area (Å²) in [5.41, 5.74) is 0. The van der Waals surface area contributed by atoms with Crippen LogP contribution in [0.5, 0.6) is 0 Å². The normalized spacial score (nSPS) is 11.4. The van der Waals surface area contributed by atoms with Crippen LogP contribution in [0.25, 0.3) is 0 Å². The van der Waals surface area contributed by atoms with Gasteiger partial charge in [-0.2, -0.15) is 0 Å². The van der Waals surface area contributed by atoms with Crippen molar-refractivity contribution in [2.24, 2.45) is 0 Å². The Morgan fingerprint density at radius 1 is 1.20 bits per heavy atom. The van der Waals surface area contributed by atoms with E-state index in [0.29, 0.717) is 11.5 Å². The van der Waals surface area contributed by atoms with Gasteiger partial charge >= 0.3 is 29.6 Å². The van der Waals surface area contributed by atoms with E-state index in [1.807, 2.05) is 13.8 Å². The van der Waals surface area contributed by atoms with Crippen LogP contribution < -0.4 is 29.6 Å². The van der Waals surface area contributed by atoms with Gasteiger partial charge < -0.3 is 16.1 Å². The van der Waals surface area contributed by atoms with Gasteiger partial charge in [0.2, 0.25) is 0 Å². The quantitative estimate of drug-likeness (QED) is 0.336. The van der Waals surface area contributed by atoms with E-state index >= 15 is 0 Å². The van der Waals surface area contributed by atoms with Crippen molar-refractivity contribution in [3.63, 3.8) is 0 Å². The third-order valence-corrected chi connectivity index (χ3v) is 6.67. The van der Waals surface area contributed by atoms with Crippen LogP contribution >= 0.6 is 6.72 Å². The first-order valence-corrected chi connectivity index (χ1v) is 6.59. The molecule has 0 aromatic carbocycles.